The lowest BCUT2D eigenvalue weighted by atomic mass is 10.1. The molecule has 4 aromatic rings. The molecule has 3 N–H and O–H groups in total. The van der Waals surface area contributed by atoms with Gasteiger partial charge in [0.2, 0.25) is 0 Å². The van der Waals surface area contributed by atoms with Crippen molar-refractivity contribution in [3.05, 3.63) is 71.3 Å². The van der Waals surface area contributed by atoms with Gasteiger partial charge in [-0.15, -0.1) is 0 Å². The Bertz CT molecular complexity index is 1100. The highest BCUT2D eigenvalue weighted by atomic mass is 32.1. The Morgan fingerprint density at radius 2 is 1.56 bits per heavy atom. The van der Waals surface area contributed by atoms with Crippen LogP contribution in [-0.2, 0) is 0 Å². The van der Waals surface area contributed by atoms with Gasteiger partial charge in [-0.25, -0.2) is 14.8 Å². The predicted molar refractivity (Wildman–Crippen MR) is 104 cm³/mol. The van der Waals surface area contributed by atoms with Gasteiger partial charge in [0.15, 0.2) is 5.11 Å². The Kier molecular flexibility index (Phi) is 3.83. The fraction of sp³-hybridized carbons (Fsp3) is 0. The van der Waals surface area contributed by atoms with Gasteiger partial charge in [-0.3, -0.25) is 4.98 Å². The van der Waals surface area contributed by atoms with E-state index in [-0.39, 0.29) is 0 Å². The number of thiocarbonyl (C=S) groups is 1. The van der Waals surface area contributed by atoms with Crippen molar-refractivity contribution >= 4 is 50.6 Å². The van der Waals surface area contributed by atoms with Gasteiger partial charge in [-0.2, -0.15) is 0 Å². The van der Waals surface area contributed by atoms with Gasteiger partial charge in [0.05, 0.1) is 16.7 Å². The quantitative estimate of drug-likeness (QED) is 0.381. The van der Waals surface area contributed by atoms with Crippen molar-refractivity contribution in [2.75, 3.05) is 10.6 Å². The molecule has 2 aromatic heterocycles. The van der Waals surface area contributed by atoms with E-state index in [2.05, 4.69) is 25.6 Å². The molecule has 0 radical (unpaired) electrons. The molecule has 0 aliphatic heterocycles. The van der Waals surface area contributed by atoms with E-state index in [1.54, 1.807) is 6.07 Å². The fourth-order valence-electron chi connectivity index (χ4n) is 2.68. The van der Waals surface area contributed by atoms with E-state index in [0.717, 1.165) is 27.5 Å². The minimum absolute atomic E-state index is 0.364. The zero-order valence-electron chi connectivity index (χ0n) is 13.0. The van der Waals surface area contributed by atoms with Gasteiger partial charge in [0.1, 0.15) is 5.82 Å². The van der Waals surface area contributed by atoms with Crippen LogP contribution in [0.25, 0.3) is 21.8 Å². The van der Waals surface area contributed by atoms with Crippen LogP contribution >= 0.6 is 12.2 Å². The molecule has 0 fully saturated rings. The Morgan fingerprint density at radius 3 is 2.20 bits per heavy atom. The van der Waals surface area contributed by atoms with Crippen molar-refractivity contribution in [1.29, 1.82) is 0 Å². The molecule has 122 valence electrons. The van der Waals surface area contributed by atoms with E-state index in [0.29, 0.717) is 10.9 Å². The van der Waals surface area contributed by atoms with Crippen molar-refractivity contribution in [2.24, 2.45) is 0 Å². The molecule has 7 heteroatoms. The lowest BCUT2D eigenvalue weighted by molar-refractivity contribution is 1.08. The van der Waals surface area contributed by atoms with Crippen LogP contribution in [0.5, 0.6) is 0 Å². The number of rotatable bonds is 2. The summed E-state index contributed by atoms with van der Waals surface area (Å²) in [5.74, 6) is 0.472. The van der Waals surface area contributed by atoms with Gasteiger partial charge in [0.25, 0.3) is 0 Å². The fourth-order valence-corrected chi connectivity index (χ4v) is 2.90. The van der Waals surface area contributed by atoms with Crippen LogP contribution in [0.2, 0.25) is 0 Å². The SMILES string of the molecule is O=c1nccc(NC(=S)Nc2c3ccccc3nc3ccccc23)[nH]1. The molecule has 0 bridgehead atoms. The van der Waals surface area contributed by atoms with Crippen molar-refractivity contribution in [2.45, 2.75) is 0 Å². The first-order valence-electron chi connectivity index (χ1n) is 7.61. The van der Waals surface area contributed by atoms with E-state index >= 15 is 0 Å². The Hall–Kier alpha value is -3.32. The molecule has 4 rings (SSSR count). The summed E-state index contributed by atoms with van der Waals surface area (Å²) in [6.07, 6.45) is 1.42. The smallest absolute Gasteiger partial charge is 0.331 e. The molecule has 0 unspecified atom stereocenters. The molecule has 25 heavy (non-hydrogen) atoms. The van der Waals surface area contributed by atoms with Crippen LogP contribution in [0.3, 0.4) is 0 Å². The number of hydrogen-bond donors (Lipinski definition) is 3. The first kappa shape index (κ1) is 15.2. The topological polar surface area (TPSA) is 82.7 Å². The summed E-state index contributed by atoms with van der Waals surface area (Å²) in [4.78, 5) is 22.2. The van der Waals surface area contributed by atoms with Gasteiger partial charge < -0.3 is 10.6 Å². The number of para-hydroxylation sites is 2. The van der Waals surface area contributed by atoms with Crippen molar-refractivity contribution in [3.63, 3.8) is 0 Å². The van der Waals surface area contributed by atoms with Crippen molar-refractivity contribution in [3.8, 4) is 0 Å². The summed E-state index contributed by atoms with van der Waals surface area (Å²) in [5, 5.41) is 8.50. The number of aromatic nitrogens is 3. The van der Waals surface area contributed by atoms with Gasteiger partial charge in [0, 0.05) is 17.0 Å². The third-order valence-electron chi connectivity index (χ3n) is 3.75. The normalized spacial score (nSPS) is 10.7. The van der Waals surface area contributed by atoms with Gasteiger partial charge >= 0.3 is 5.69 Å². The first-order valence-corrected chi connectivity index (χ1v) is 8.02. The molecule has 0 amide bonds. The van der Waals surface area contributed by atoms with Crippen molar-refractivity contribution < 1.29 is 0 Å². The third-order valence-corrected chi connectivity index (χ3v) is 3.95. The second-order valence-electron chi connectivity index (χ2n) is 5.39. The molecule has 0 atom stereocenters. The Morgan fingerprint density at radius 1 is 0.920 bits per heavy atom. The molecular formula is C18H13N5OS. The lowest BCUT2D eigenvalue weighted by Gasteiger charge is -2.14. The van der Waals surface area contributed by atoms with Crippen LogP contribution in [0.15, 0.2) is 65.6 Å². The lowest BCUT2D eigenvalue weighted by Crippen LogP contribution is -2.22. The highest BCUT2D eigenvalue weighted by molar-refractivity contribution is 7.80. The highest BCUT2D eigenvalue weighted by Gasteiger charge is 2.10. The summed E-state index contributed by atoms with van der Waals surface area (Å²) in [6, 6.07) is 17.4. The predicted octanol–water partition coefficient (Wildman–Crippen LogP) is 3.28. The summed E-state index contributed by atoms with van der Waals surface area (Å²) >= 11 is 5.40. The van der Waals surface area contributed by atoms with Crippen LogP contribution in [0.4, 0.5) is 11.5 Å². The minimum Gasteiger partial charge on any atom is -0.331 e. The maximum atomic E-state index is 11.3. The van der Waals surface area contributed by atoms with E-state index in [4.69, 9.17) is 12.2 Å². The summed E-state index contributed by atoms with van der Waals surface area (Å²) in [7, 11) is 0. The number of nitrogens with one attached hydrogen (secondary N) is 3. The summed E-state index contributed by atoms with van der Waals surface area (Å²) < 4.78 is 0. The largest absolute Gasteiger partial charge is 0.346 e. The molecule has 0 aliphatic rings. The van der Waals surface area contributed by atoms with E-state index < -0.39 is 5.69 Å². The number of fused-ring (bicyclic) bond motifs is 2. The van der Waals surface area contributed by atoms with Crippen LogP contribution in [-0.4, -0.2) is 20.1 Å². The van der Waals surface area contributed by atoms with E-state index in [1.807, 2.05) is 48.5 Å². The molecule has 0 aliphatic carbocycles. The summed E-state index contributed by atoms with van der Waals surface area (Å²) in [5.41, 5.74) is 2.19. The van der Waals surface area contributed by atoms with Crippen molar-refractivity contribution in [1.82, 2.24) is 15.0 Å². The average Bonchev–Trinajstić information content (AvgIpc) is 2.61. The maximum Gasteiger partial charge on any atom is 0.346 e. The molecule has 0 saturated carbocycles. The number of aromatic amines is 1. The second-order valence-corrected chi connectivity index (χ2v) is 5.80. The van der Waals surface area contributed by atoms with Crippen LogP contribution in [0.1, 0.15) is 0 Å². The molecule has 6 nitrogen and oxygen atoms in total. The molecule has 0 spiro atoms. The molecule has 0 saturated heterocycles. The maximum absolute atomic E-state index is 11.3. The summed E-state index contributed by atoms with van der Waals surface area (Å²) in [6.45, 7) is 0. The van der Waals surface area contributed by atoms with E-state index in [9.17, 15) is 4.79 Å². The zero-order chi connectivity index (χ0) is 17.2. The molecular weight excluding hydrogens is 334 g/mol. The first-order chi connectivity index (χ1) is 12.2. The average molecular weight is 347 g/mol. The standard InChI is InChI=1S/C18H13N5OS/c24-17-19-10-9-15(21-17)22-18(25)23-16-11-5-1-3-7-13(11)20-14-8-4-2-6-12(14)16/h1-10H,(H3,19,20,21,22,23,24,25). The monoisotopic (exact) mass is 347 g/mol. The number of benzene rings is 2. The van der Waals surface area contributed by atoms with Crippen LogP contribution < -0.4 is 16.3 Å². The van der Waals surface area contributed by atoms with Gasteiger partial charge in [-0.05, 0) is 30.4 Å². The van der Waals surface area contributed by atoms with E-state index in [1.165, 1.54) is 6.20 Å². The molecule has 2 aromatic carbocycles. The van der Waals surface area contributed by atoms with Gasteiger partial charge in [-0.1, -0.05) is 36.4 Å². The third kappa shape index (κ3) is 3.05. The second kappa shape index (κ2) is 6.29. The zero-order valence-corrected chi connectivity index (χ0v) is 13.8. The highest BCUT2D eigenvalue weighted by Crippen LogP contribution is 2.30. The number of hydrogen-bond acceptors (Lipinski definition) is 4. The molecule has 2 heterocycles. The minimum atomic E-state index is -0.437. The number of pyridine rings is 1. The Labute approximate surface area is 147 Å². The number of H-pyrrole nitrogens is 1. The number of nitrogens with zero attached hydrogens (tertiary/aromatic N) is 2. The number of anilines is 2. The van der Waals surface area contributed by atoms with Crippen LogP contribution in [0, 0.1) is 0 Å². The Balaban J connectivity index is 1.76.